The van der Waals surface area contributed by atoms with Crippen LogP contribution in [-0.2, 0) is 0 Å². The van der Waals surface area contributed by atoms with E-state index in [-0.39, 0.29) is 5.69 Å². The molecule has 1 aromatic carbocycles. The maximum absolute atomic E-state index is 12.4. The number of hydrogen-bond donors (Lipinski definition) is 1. The number of imidazole rings is 1. The second-order valence-corrected chi connectivity index (χ2v) is 5.50. The van der Waals surface area contributed by atoms with Crippen LogP contribution in [0.1, 0.15) is 16.3 Å². The molecular formula is C18H14N6O2. The van der Waals surface area contributed by atoms with Gasteiger partial charge in [0.2, 0.25) is 0 Å². The molecule has 0 aliphatic heterocycles. The molecule has 0 atom stereocenters. The summed E-state index contributed by atoms with van der Waals surface area (Å²) in [6.45, 7) is 1.86. The van der Waals surface area contributed by atoms with Gasteiger partial charge in [0.05, 0.1) is 0 Å². The van der Waals surface area contributed by atoms with Crippen molar-refractivity contribution in [2.24, 2.45) is 0 Å². The Morgan fingerprint density at radius 1 is 1.12 bits per heavy atom. The molecule has 4 rings (SSSR count). The van der Waals surface area contributed by atoms with Gasteiger partial charge >= 0.3 is 0 Å². The number of nitrogens with zero attached hydrogens (tertiary/aromatic N) is 5. The van der Waals surface area contributed by atoms with E-state index < -0.39 is 5.91 Å². The summed E-state index contributed by atoms with van der Waals surface area (Å²) in [4.78, 5) is 24.8. The number of rotatable bonds is 4. The topological polar surface area (TPSA) is 98.7 Å². The zero-order valence-electron chi connectivity index (χ0n) is 13.8. The average Bonchev–Trinajstić information content (AvgIpc) is 3.32. The Morgan fingerprint density at radius 2 is 1.96 bits per heavy atom. The number of carbonyl (C=O) groups excluding carboxylic acids is 1. The van der Waals surface area contributed by atoms with E-state index in [1.54, 1.807) is 29.1 Å². The van der Waals surface area contributed by atoms with Gasteiger partial charge in [-0.25, -0.2) is 15.0 Å². The fourth-order valence-corrected chi connectivity index (χ4v) is 2.47. The van der Waals surface area contributed by atoms with Crippen LogP contribution >= 0.6 is 0 Å². The number of nitrogens with one attached hydrogen (secondary N) is 1. The lowest BCUT2D eigenvalue weighted by Gasteiger charge is -2.06. The fourth-order valence-electron chi connectivity index (χ4n) is 2.47. The van der Waals surface area contributed by atoms with E-state index >= 15 is 0 Å². The van der Waals surface area contributed by atoms with Crippen molar-refractivity contribution in [1.82, 2.24) is 24.7 Å². The molecule has 0 saturated carbocycles. The summed E-state index contributed by atoms with van der Waals surface area (Å²) < 4.78 is 7.04. The predicted molar refractivity (Wildman–Crippen MR) is 93.8 cm³/mol. The molecule has 26 heavy (non-hydrogen) atoms. The van der Waals surface area contributed by atoms with E-state index in [0.717, 1.165) is 11.4 Å². The van der Waals surface area contributed by atoms with E-state index in [1.807, 2.05) is 37.3 Å². The summed E-state index contributed by atoms with van der Waals surface area (Å²) in [5.41, 5.74) is 1.02. The summed E-state index contributed by atoms with van der Waals surface area (Å²) in [6.07, 6.45) is 4.84. The minimum Gasteiger partial charge on any atom is -0.355 e. The van der Waals surface area contributed by atoms with Crippen LogP contribution in [0.5, 0.6) is 0 Å². The lowest BCUT2D eigenvalue weighted by molar-refractivity contribution is 0.101. The molecule has 0 fully saturated rings. The molecule has 1 N–H and O–H groups in total. The van der Waals surface area contributed by atoms with Crippen LogP contribution < -0.4 is 5.32 Å². The van der Waals surface area contributed by atoms with Gasteiger partial charge in [0.25, 0.3) is 5.91 Å². The summed E-state index contributed by atoms with van der Waals surface area (Å²) in [5.74, 6) is 1.86. The third-order valence-electron chi connectivity index (χ3n) is 3.77. The number of amides is 1. The monoisotopic (exact) mass is 346 g/mol. The number of aryl methyl sites for hydroxylation is 1. The molecule has 0 bridgehead atoms. The van der Waals surface area contributed by atoms with Crippen molar-refractivity contribution in [2.45, 2.75) is 6.92 Å². The number of aromatic nitrogens is 5. The number of anilines is 1. The van der Waals surface area contributed by atoms with E-state index in [4.69, 9.17) is 4.52 Å². The van der Waals surface area contributed by atoms with Gasteiger partial charge in [-0.3, -0.25) is 9.36 Å². The third kappa shape index (κ3) is 3.07. The molecule has 8 heteroatoms. The first-order valence-corrected chi connectivity index (χ1v) is 7.86. The molecule has 0 radical (unpaired) electrons. The van der Waals surface area contributed by atoms with E-state index in [1.165, 1.54) is 6.33 Å². The van der Waals surface area contributed by atoms with Crippen molar-refractivity contribution in [3.05, 3.63) is 72.7 Å². The quantitative estimate of drug-likeness (QED) is 0.610. The van der Waals surface area contributed by atoms with Crippen LogP contribution in [0.3, 0.4) is 0 Å². The van der Waals surface area contributed by atoms with Crippen molar-refractivity contribution < 1.29 is 9.32 Å². The lowest BCUT2D eigenvalue weighted by Crippen LogP contribution is -2.14. The highest BCUT2D eigenvalue weighted by molar-refractivity contribution is 6.02. The first-order chi connectivity index (χ1) is 12.7. The largest absolute Gasteiger partial charge is 0.355 e. The van der Waals surface area contributed by atoms with Gasteiger partial charge in [-0.2, -0.15) is 0 Å². The summed E-state index contributed by atoms with van der Waals surface area (Å²) in [5, 5.41) is 6.53. The fraction of sp³-hybridized carbons (Fsp3) is 0.0556. The third-order valence-corrected chi connectivity index (χ3v) is 3.77. The Bertz CT molecular complexity index is 1050. The molecule has 1 amide bonds. The standard InChI is InChI=1S/C18H14N6O2/c1-12-19-7-8-24(12)17-10-16(20-11-21-17)22-18(25)14-9-15(26-23-14)13-5-3-2-4-6-13/h2-11H,1H3,(H,20,21,22,25). The Balaban J connectivity index is 1.54. The van der Waals surface area contributed by atoms with Crippen LogP contribution in [-0.4, -0.2) is 30.6 Å². The van der Waals surface area contributed by atoms with Gasteiger partial charge in [-0.15, -0.1) is 0 Å². The molecule has 0 aliphatic carbocycles. The zero-order chi connectivity index (χ0) is 17.9. The molecule has 8 nitrogen and oxygen atoms in total. The van der Waals surface area contributed by atoms with Gasteiger partial charge in [-0.1, -0.05) is 35.5 Å². The van der Waals surface area contributed by atoms with E-state index in [9.17, 15) is 4.79 Å². The molecule has 0 saturated heterocycles. The second-order valence-electron chi connectivity index (χ2n) is 5.50. The van der Waals surface area contributed by atoms with Crippen molar-refractivity contribution >= 4 is 11.7 Å². The normalized spacial score (nSPS) is 10.7. The van der Waals surface area contributed by atoms with Crippen LogP contribution in [0.4, 0.5) is 5.82 Å². The lowest BCUT2D eigenvalue weighted by atomic mass is 10.1. The minimum absolute atomic E-state index is 0.169. The highest BCUT2D eigenvalue weighted by atomic mass is 16.5. The minimum atomic E-state index is -0.414. The Morgan fingerprint density at radius 3 is 2.73 bits per heavy atom. The van der Waals surface area contributed by atoms with Crippen molar-refractivity contribution in [1.29, 1.82) is 0 Å². The molecule has 0 spiro atoms. The molecular weight excluding hydrogens is 332 g/mol. The SMILES string of the molecule is Cc1nccn1-c1cc(NC(=O)c2cc(-c3ccccc3)on2)ncn1. The van der Waals surface area contributed by atoms with Gasteiger partial charge < -0.3 is 9.84 Å². The zero-order valence-corrected chi connectivity index (χ0v) is 13.8. The predicted octanol–water partition coefficient (Wildman–Crippen LogP) is 2.88. The smallest absolute Gasteiger partial charge is 0.279 e. The molecule has 0 aliphatic rings. The van der Waals surface area contributed by atoms with Gasteiger partial charge in [-0.05, 0) is 6.92 Å². The molecule has 0 unspecified atom stereocenters. The first kappa shape index (κ1) is 15.7. The number of carbonyl (C=O) groups is 1. The highest BCUT2D eigenvalue weighted by Crippen LogP contribution is 2.20. The summed E-state index contributed by atoms with van der Waals surface area (Å²) >= 11 is 0. The highest BCUT2D eigenvalue weighted by Gasteiger charge is 2.15. The Hall–Kier alpha value is -3.81. The van der Waals surface area contributed by atoms with E-state index in [0.29, 0.717) is 17.4 Å². The molecule has 4 aromatic rings. The van der Waals surface area contributed by atoms with Gasteiger partial charge in [0.1, 0.15) is 23.8 Å². The number of benzene rings is 1. The summed E-state index contributed by atoms with van der Waals surface area (Å²) in [7, 11) is 0. The van der Waals surface area contributed by atoms with Gasteiger partial charge in [0.15, 0.2) is 11.5 Å². The summed E-state index contributed by atoms with van der Waals surface area (Å²) in [6, 6.07) is 12.7. The van der Waals surface area contributed by atoms with Crippen LogP contribution in [0.25, 0.3) is 17.1 Å². The van der Waals surface area contributed by atoms with Crippen molar-refractivity contribution in [3.8, 4) is 17.1 Å². The molecule has 3 aromatic heterocycles. The molecule has 3 heterocycles. The van der Waals surface area contributed by atoms with Crippen LogP contribution in [0.2, 0.25) is 0 Å². The molecule has 128 valence electrons. The Labute approximate surface area is 148 Å². The van der Waals surface area contributed by atoms with Crippen LogP contribution in [0, 0.1) is 6.92 Å². The average molecular weight is 346 g/mol. The maximum atomic E-state index is 12.4. The van der Waals surface area contributed by atoms with Crippen molar-refractivity contribution in [3.63, 3.8) is 0 Å². The van der Waals surface area contributed by atoms with Crippen LogP contribution in [0.15, 0.2) is 65.7 Å². The first-order valence-electron chi connectivity index (χ1n) is 7.86. The van der Waals surface area contributed by atoms with Gasteiger partial charge in [0, 0.05) is 30.1 Å². The van der Waals surface area contributed by atoms with Crippen molar-refractivity contribution in [2.75, 3.05) is 5.32 Å². The van der Waals surface area contributed by atoms with E-state index in [2.05, 4.69) is 25.4 Å². The maximum Gasteiger partial charge on any atom is 0.279 e. The Kier molecular flexibility index (Phi) is 3.98. The second kappa shape index (κ2) is 6.60. The number of hydrogen-bond acceptors (Lipinski definition) is 6.